The topological polar surface area (TPSA) is 187 Å². The van der Waals surface area contributed by atoms with Crippen molar-refractivity contribution in [3.63, 3.8) is 0 Å². The van der Waals surface area contributed by atoms with E-state index >= 15 is 0 Å². The number of hydrogen-bond acceptors (Lipinski definition) is 10. The summed E-state index contributed by atoms with van der Waals surface area (Å²) in [5.41, 5.74) is 0. The van der Waals surface area contributed by atoms with Crippen LogP contribution in [-0.4, -0.2) is 106 Å². The van der Waals surface area contributed by atoms with Gasteiger partial charge in [-0.15, -0.1) is 0 Å². The number of ether oxygens (including phenoxy) is 4. The molecule has 5 N–H and O–H groups in total. The molecule has 0 bridgehead atoms. The number of aliphatic carboxylic acids is 1. The van der Waals surface area contributed by atoms with Gasteiger partial charge in [0, 0.05) is 6.92 Å². The van der Waals surface area contributed by atoms with E-state index < -0.39 is 85.8 Å². The molecule has 2 aliphatic heterocycles. The van der Waals surface area contributed by atoms with Crippen LogP contribution >= 0.6 is 0 Å². The number of aliphatic hydroxyl groups excluding tert-OH is 3. The summed E-state index contributed by atoms with van der Waals surface area (Å²) in [6, 6.07) is -0.973. The molecule has 12 nitrogen and oxygen atoms in total. The third-order valence-corrected chi connectivity index (χ3v) is 5.45. The number of hydrogen-bond donors (Lipinski definition) is 5. The Bertz CT molecular complexity index is 652. The molecule has 186 valence electrons. The molecular weight excluding hydrogens is 469 g/mol. The van der Waals surface area contributed by atoms with Gasteiger partial charge in [-0.2, -0.15) is 0 Å². The number of carbonyl (C=O) groups excluding carboxylic acids is 1. The fraction of sp³-hybridized carbons (Fsp3) is 0.900. The Morgan fingerprint density at radius 3 is 2.15 bits per heavy atom. The van der Waals surface area contributed by atoms with Crippen molar-refractivity contribution in [1.82, 2.24) is 5.32 Å². The molecule has 2 heterocycles. The molecule has 0 aliphatic carbocycles. The predicted octanol–water partition coefficient (Wildman–Crippen LogP) is -5.65. The largest absolute Gasteiger partial charge is 1.00 e. The minimum atomic E-state index is -1.74. The van der Waals surface area contributed by atoms with E-state index in [0.717, 1.165) is 0 Å². The third-order valence-electron chi connectivity index (χ3n) is 5.45. The second-order valence-electron chi connectivity index (χ2n) is 8.75. The third kappa shape index (κ3) is 7.62. The van der Waals surface area contributed by atoms with E-state index in [1.165, 1.54) is 6.92 Å². The average Bonchev–Trinajstić information content (AvgIpc) is 2.68. The summed E-state index contributed by atoms with van der Waals surface area (Å²) in [5.74, 6) is -2.11. The molecule has 2 saturated heterocycles. The molecule has 2 aliphatic rings. The smallest absolute Gasteiger partial charge is 0.848 e. The average molecular weight is 504 g/mol. The van der Waals surface area contributed by atoms with E-state index in [2.05, 4.69) is 5.32 Å². The van der Waals surface area contributed by atoms with Crippen LogP contribution in [0.5, 0.6) is 0 Å². The molecule has 10 atom stereocenters. The van der Waals surface area contributed by atoms with Crippen molar-refractivity contribution >= 4 is 11.9 Å². The number of carboxylic acids is 1. The van der Waals surface area contributed by atoms with E-state index in [1.54, 1.807) is 27.7 Å². The Morgan fingerprint density at radius 1 is 1.09 bits per heavy atom. The van der Waals surface area contributed by atoms with Crippen LogP contribution in [0.25, 0.3) is 0 Å². The standard InChI is InChI=1S/C20H34NO11.K/c1-7(2)15-11(21-9(5)23)16(12(24)10(6-22)30-15)31-20-14(26)13(25)17(29-8(3)4)18(32-20)19(27)28;/h7-8,10-18,20,22,25-26H,6H2,1-5H3,(H,21,23)(H,27,28);/q-1;+1. The van der Waals surface area contributed by atoms with Gasteiger partial charge in [-0.25, -0.2) is 4.79 Å². The monoisotopic (exact) mass is 503 g/mol. The zero-order valence-corrected chi connectivity index (χ0v) is 22.9. The molecule has 2 fully saturated rings. The Morgan fingerprint density at radius 2 is 1.70 bits per heavy atom. The maximum absolute atomic E-state index is 13.0. The molecule has 2 rings (SSSR count). The van der Waals surface area contributed by atoms with Crippen molar-refractivity contribution < 1.29 is 105 Å². The summed E-state index contributed by atoms with van der Waals surface area (Å²) in [7, 11) is 0. The molecule has 0 radical (unpaired) electrons. The molecule has 33 heavy (non-hydrogen) atoms. The summed E-state index contributed by atoms with van der Waals surface area (Å²) >= 11 is 0. The summed E-state index contributed by atoms with van der Waals surface area (Å²) in [5, 5.41) is 55.8. The summed E-state index contributed by atoms with van der Waals surface area (Å²) in [6.45, 7) is 7.48. The molecular formula is C20H34KNO11. The van der Waals surface area contributed by atoms with Crippen LogP contribution < -0.4 is 61.8 Å². The minimum Gasteiger partial charge on any atom is -0.848 e. The Balaban J connectivity index is 0.00000544. The SMILES string of the molecule is CC(=O)NC1C(C(C)C)OC(CO)C([O-])C1OC1OC(C(=O)O)C(OC(C)C)C(O)C1O.[K+]. The number of rotatable bonds is 8. The van der Waals surface area contributed by atoms with Crippen LogP contribution in [0, 0.1) is 5.92 Å². The molecule has 0 spiro atoms. The van der Waals surface area contributed by atoms with Gasteiger partial charge in [-0.1, -0.05) is 20.0 Å². The van der Waals surface area contributed by atoms with E-state index in [9.17, 15) is 35.1 Å². The van der Waals surface area contributed by atoms with Gasteiger partial charge < -0.3 is 49.8 Å². The number of amides is 1. The van der Waals surface area contributed by atoms with Crippen LogP contribution in [-0.2, 0) is 28.5 Å². The first kappa shape index (κ1) is 31.3. The van der Waals surface area contributed by atoms with Crippen molar-refractivity contribution in [3.05, 3.63) is 0 Å². The summed E-state index contributed by atoms with van der Waals surface area (Å²) in [6.07, 6.45) is -13.6. The fourth-order valence-electron chi connectivity index (χ4n) is 4.02. The van der Waals surface area contributed by atoms with E-state index in [1.807, 2.05) is 0 Å². The molecule has 0 aromatic rings. The van der Waals surface area contributed by atoms with Crippen LogP contribution in [0.4, 0.5) is 0 Å². The zero-order valence-electron chi connectivity index (χ0n) is 19.8. The number of nitrogens with one attached hydrogen (secondary N) is 1. The van der Waals surface area contributed by atoms with Crippen LogP contribution in [0.3, 0.4) is 0 Å². The van der Waals surface area contributed by atoms with Crippen molar-refractivity contribution in [1.29, 1.82) is 0 Å². The van der Waals surface area contributed by atoms with Gasteiger partial charge in [0.05, 0.1) is 37.1 Å². The van der Waals surface area contributed by atoms with Gasteiger partial charge in [-0.05, 0) is 19.8 Å². The van der Waals surface area contributed by atoms with Gasteiger partial charge >= 0.3 is 57.4 Å². The van der Waals surface area contributed by atoms with Crippen molar-refractivity contribution in [3.8, 4) is 0 Å². The van der Waals surface area contributed by atoms with Crippen LogP contribution in [0.2, 0.25) is 0 Å². The fourth-order valence-corrected chi connectivity index (χ4v) is 4.02. The normalized spacial score (nSPS) is 39.2. The second-order valence-corrected chi connectivity index (χ2v) is 8.75. The molecule has 13 heteroatoms. The van der Waals surface area contributed by atoms with Gasteiger partial charge in [0.25, 0.3) is 0 Å². The molecule has 0 saturated carbocycles. The van der Waals surface area contributed by atoms with E-state index in [-0.39, 0.29) is 57.3 Å². The van der Waals surface area contributed by atoms with Crippen molar-refractivity contribution in [2.24, 2.45) is 5.92 Å². The quantitative estimate of drug-likeness (QED) is 0.199. The van der Waals surface area contributed by atoms with Crippen LogP contribution in [0.15, 0.2) is 0 Å². The van der Waals surface area contributed by atoms with Crippen LogP contribution in [0.1, 0.15) is 34.6 Å². The predicted molar refractivity (Wildman–Crippen MR) is 105 cm³/mol. The minimum absolute atomic E-state index is 0. The van der Waals surface area contributed by atoms with Gasteiger partial charge in [0.2, 0.25) is 5.91 Å². The maximum Gasteiger partial charge on any atom is 1.00 e. The maximum atomic E-state index is 13.0. The number of carbonyl (C=O) groups is 2. The van der Waals surface area contributed by atoms with Gasteiger partial charge in [0.15, 0.2) is 12.4 Å². The molecule has 10 unspecified atom stereocenters. The van der Waals surface area contributed by atoms with Crippen molar-refractivity contribution in [2.45, 2.75) is 102 Å². The van der Waals surface area contributed by atoms with E-state index in [4.69, 9.17) is 18.9 Å². The van der Waals surface area contributed by atoms with Gasteiger partial charge in [-0.3, -0.25) is 4.79 Å². The van der Waals surface area contributed by atoms with Crippen molar-refractivity contribution in [2.75, 3.05) is 6.61 Å². The molecule has 1 amide bonds. The zero-order chi connectivity index (χ0) is 24.3. The Kier molecular flexibility index (Phi) is 12.8. The summed E-state index contributed by atoms with van der Waals surface area (Å²) in [4.78, 5) is 23.5. The van der Waals surface area contributed by atoms with E-state index in [0.29, 0.717) is 0 Å². The molecule has 0 aromatic heterocycles. The first-order valence-corrected chi connectivity index (χ1v) is 10.6. The first-order valence-electron chi connectivity index (χ1n) is 10.6. The number of aliphatic hydroxyl groups is 3. The second kappa shape index (κ2) is 13.5. The van der Waals surface area contributed by atoms with Gasteiger partial charge in [0.1, 0.15) is 18.3 Å². The first-order chi connectivity index (χ1) is 14.9. The number of carboxylic acid groups (broad SMARTS) is 1. The Labute approximate surface area is 235 Å². The summed E-state index contributed by atoms with van der Waals surface area (Å²) < 4.78 is 22.2. The Hall–Kier alpha value is 0.256. The molecule has 0 aromatic carbocycles.